The smallest absolute Gasteiger partial charge is 0.117 e. The highest BCUT2D eigenvalue weighted by Crippen LogP contribution is 2.26. The minimum Gasteiger partial charge on any atom is -0.379 e. The van der Waals surface area contributed by atoms with Crippen LogP contribution in [0.25, 0.3) is 0 Å². The minimum absolute atomic E-state index is 0.544. The highest BCUT2D eigenvalue weighted by Gasteiger charge is 2.30. The third-order valence-electron chi connectivity index (χ3n) is 4.70. The Bertz CT molecular complexity index is 239. The molecule has 0 bridgehead atoms. The first-order valence-corrected chi connectivity index (χ1v) is 9.34. The predicted octanol–water partition coefficient (Wildman–Crippen LogP) is 4.47. The number of aliphatic hydroxyl groups is 2. The fourth-order valence-electron chi connectivity index (χ4n) is 3.31. The average Bonchev–Trinajstić information content (AvgIpc) is 2.46. The first-order chi connectivity index (χ1) is 10.2. The van der Waals surface area contributed by atoms with Gasteiger partial charge in [0.15, 0.2) is 0 Å². The number of unbranched alkanes of at least 4 members (excludes halogenated alkanes) is 8. The van der Waals surface area contributed by atoms with Crippen LogP contribution >= 0.6 is 0 Å². The van der Waals surface area contributed by atoms with Crippen molar-refractivity contribution in [1.82, 2.24) is 5.32 Å². The second-order valence-corrected chi connectivity index (χ2v) is 6.87. The Morgan fingerprint density at radius 3 is 1.95 bits per heavy atom. The fourth-order valence-corrected chi connectivity index (χ4v) is 3.31. The van der Waals surface area contributed by atoms with E-state index in [9.17, 15) is 10.2 Å². The summed E-state index contributed by atoms with van der Waals surface area (Å²) in [4.78, 5) is 0. The molecule has 0 aromatic carbocycles. The van der Waals surface area contributed by atoms with E-state index in [1.165, 1.54) is 57.8 Å². The van der Waals surface area contributed by atoms with Crippen LogP contribution in [-0.2, 0) is 0 Å². The molecule has 0 heterocycles. The average molecular weight is 299 g/mol. The van der Waals surface area contributed by atoms with Gasteiger partial charge in [0, 0.05) is 0 Å². The molecule has 0 aromatic heterocycles. The van der Waals surface area contributed by atoms with E-state index in [4.69, 9.17) is 0 Å². The van der Waals surface area contributed by atoms with E-state index >= 15 is 0 Å². The number of hydrogen-bond acceptors (Lipinski definition) is 3. The van der Waals surface area contributed by atoms with E-state index in [0.29, 0.717) is 0 Å². The van der Waals surface area contributed by atoms with Crippen molar-refractivity contribution < 1.29 is 10.2 Å². The van der Waals surface area contributed by atoms with E-state index in [0.717, 1.165) is 38.5 Å². The van der Waals surface area contributed by atoms with Gasteiger partial charge in [-0.1, -0.05) is 64.7 Å². The van der Waals surface area contributed by atoms with Crippen LogP contribution < -0.4 is 5.32 Å². The van der Waals surface area contributed by atoms with Crippen molar-refractivity contribution in [2.45, 2.75) is 115 Å². The molecule has 3 heteroatoms. The molecule has 0 radical (unpaired) electrons. The molecule has 1 atom stereocenters. The molecule has 0 spiro atoms. The number of rotatable bonds is 12. The van der Waals surface area contributed by atoms with Crippen LogP contribution in [0.4, 0.5) is 0 Å². The highest BCUT2D eigenvalue weighted by molar-refractivity contribution is 4.80. The summed E-state index contributed by atoms with van der Waals surface area (Å²) in [5.41, 5.74) is -0.809. The number of aliphatic hydroxyl groups excluding tert-OH is 1. The molecule has 1 unspecified atom stereocenters. The molecule has 1 saturated carbocycles. The molecular formula is C18H37NO2. The first kappa shape index (κ1) is 18.9. The Kier molecular flexibility index (Phi) is 10.3. The number of hydrogen-bond donors (Lipinski definition) is 3. The van der Waals surface area contributed by atoms with Crippen molar-refractivity contribution in [3.63, 3.8) is 0 Å². The summed E-state index contributed by atoms with van der Waals surface area (Å²) in [6.45, 7) is 2.25. The zero-order valence-corrected chi connectivity index (χ0v) is 14.1. The van der Waals surface area contributed by atoms with Crippen LogP contribution in [0.15, 0.2) is 0 Å². The molecule has 3 N–H and O–H groups in total. The molecule has 1 aliphatic rings. The summed E-state index contributed by atoms with van der Waals surface area (Å²) >= 11 is 0. The van der Waals surface area contributed by atoms with Gasteiger partial charge in [-0.05, 0) is 38.5 Å². The Morgan fingerprint density at radius 2 is 1.38 bits per heavy atom. The topological polar surface area (TPSA) is 52.5 Å². The van der Waals surface area contributed by atoms with Crippen LogP contribution in [0.1, 0.15) is 103 Å². The second-order valence-electron chi connectivity index (χ2n) is 6.87. The molecular weight excluding hydrogens is 262 g/mol. The van der Waals surface area contributed by atoms with Gasteiger partial charge in [0.1, 0.15) is 12.0 Å². The van der Waals surface area contributed by atoms with E-state index in [1.54, 1.807) is 0 Å². The van der Waals surface area contributed by atoms with Crippen molar-refractivity contribution in [3.05, 3.63) is 0 Å². The fraction of sp³-hybridized carbons (Fsp3) is 1.00. The SMILES string of the molecule is CCCCCCCCCCCC(O)NC1(O)CCCCC1. The lowest BCUT2D eigenvalue weighted by Crippen LogP contribution is -2.51. The van der Waals surface area contributed by atoms with Gasteiger partial charge in [-0.25, -0.2) is 0 Å². The van der Waals surface area contributed by atoms with Crippen molar-refractivity contribution in [1.29, 1.82) is 0 Å². The van der Waals surface area contributed by atoms with E-state index in [1.807, 2.05) is 0 Å². The molecule has 0 saturated heterocycles. The molecule has 1 rings (SSSR count). The molecule has 1 fully saturated rings. The maximum absolute atomic E-state index is 10.3. The van der Waals surface area contributed by atoms with Crippen LogP contribution in [0.3, 0.4) is 0 Å². The Hall–Kier alpha value is -0.120. The quantitative estimate of drug-likeness (QED) is 0.368. The molecule has 0 aliphatic heterocycles. The summed E-state index contributed by atoms with van der Waals surface area (Å²) in [6, 6.07) is 0. The Balaban J connectivity index is 1.92. The minimum atomic E-state index is -0.809. The standard InChI is InChI=1S/C18H37NO2/c1-2-3-4-5-6-7-8-9-11-14-17(20)19-18(21)15-12-10-13-16-18/h17,19-21H,2-16H2,1H3. The van der Waals surface area contributed by atoms with Crippen molar-refractivity contribution in [3.8, 4) is 0 Å². The summed E-state index contributed by atoms with van der Waals surface area (Å²) < 4.78 is 0. The van der Waals surface area contributed by atoms with Gasteiger partial charge >= 0.3 is 0 Å². The monoisotopic (exact) mass is 299 g/mol. The second kappa shape index (κ2) is 11.4. The molecule has 3 nitrogen and oxygen atoms in total. The van der Waals surface area contributed by atoms with Gasteiger partial charge < -0.3 is 10.2 Å². The van der Waals surface area contributed by atoms with Gasteiger partial charge in [-0.3, -0.25) is 5.32 Å². The van der Waals surface area contributed by atoms with E-state index in [-0.39, 0.29) is 0 Å². The van der Waals surface area contributed by atoms with Crippen LogP contribution in [0.2, 0.25) is 0 Å². The van der Waals surface area contributed by atoms with Gasteiger partial charge in [0.05, 0.1) is 0 Å². The molecule has 0 aromatic rings. The van der Waals surface area contributed by atoms with Crippen molar-refractivity contribution >= 4 is 0 Å². The van der Waals surface area contributed by atoms with E-state index < -0.39 is 12.0 Å². The lowest BCUT2D eigenvalue weighted by atomic mass is 9.91. The Labute approximate surface area is 131 Å². The molecule has 126 valence electrons. The summed E-state index contributed by atoms with van der Waals surface area (Å²) in [5.74, 6) is 0. The van der Waals surface area contributed by atoms with Crippen molar-refractivity contribution in [2.24, 2.45) is 0 Å². The molecule has 21 heavy (non-hydrogen) atoms. The van der Waals surface area contributed by atoms with Crippen LogP contribution in [-0.4, -0.2) is 22.2 Å². The lowest BCUT2D eigenvalue weighted by molar-refractivity contribution is -0.0724. The highest BCUT2D eigenvalue weighted by atomic mass is 16.3. The lowest BCUT2D eigenvalue weighted by Gasteiger charge is -2.35. The third-order valence-corrected chi connectivity index (χ3v) is 4.70. The summed E-state index contributed by atoms with van der Waals surface area (Å²) in [6.07, 6.45) is 16.8. The normalized spacial score (nSPS) is 19.6. The maximum atomic E-state index is 10.3. The first-order valence-electron chi connectivity index (χ1n) is 9.34. The maximum Gasteiger partial charge on any atom is 0.117 e. The van der Waals surface area contributed by atoms with Gasteiger partial charge in [0.2, 0.25) is 0 Å². The van der Waals surface area contributed by atoms with Gasteiger partial charge in [-0.15, -0.1) is 0 Å². The number of nitrogens with one attached hydrogen (secondary N) is 1. The predicted molar refractivity (Wildman–Crippen MR) is 89.0 cm³/mol. The summed E-state index contributed by atoms with van der Waals surface area (Å²) in [7, 11) is 0. The third kappa shape index (κ3) is 9.49. The molecule has 0 amide bonds. The van der Waals surface area contributed by atoms with E-state index in [2.05, 4.69) is 12.2 Å². The zero-order chi connectivity index (χ0) is 15.4. The Morgan fingerprint density at radius 1 is 0.857 bits per heavy atom. The summed E-state index contributed by atoms with van der Waals surface area (Å²) in [5, 5.41) is 23.3. The van der Waals surface area contributed by atoms with Crippen LogP contribution in [0.5, 0.6) is 0 Å². The zero-order valence-electron chi connectivity index (χ0n) is 14.1. The molecule has 1 aliphatic carbocycles. The van der Waals surface area contributed by atoms with Gasteiger partial charge in [0.25, 0.3) is 0 Å². The largest absolute Gasteiger partial charge is 0.379 e. The van der Waals surface area contributed by atoms with Crippen LogP contribution in [0, 0.1) is 0 Å². The van der Waals surface area contributed by atoms with Crippen molar-refractivity contribution in [2.75, 3.05) is 0 Å². The van der Waals surface area contributed by atoms with Gasteiger partial charge in [-0.2, -0.15) is 0 Å².